The topological polar surface area (TPSA) is 85.4 Å². The van der Waals surface area contributed by atoms with E-state index in [4.69, 9.17) is 0 Å². The van der Waals surface area contributed by atoms with E-state index >= 15 is 0 Å². The second-order valence-electron chi connectivity index (χ2n) is 6.95. The van der Waals surface area contributed by atoms with Crippen molar-refractivity contribution in [2.75, 3.05) is 13.1 Å². The fraction of sp³-hybridized carbons (Fsp3) is 0.273. The molecule has 7 heteroatoms. The summed E-state index contributed by atoms with van der Waals surface area (Å²) in [5, 5.41) is 13.1. The van der Waals surface area contributed by atoms with Crippen LogP contribution in [0.2, 0.25) is 0 Å². The fourth-order valence-electron chi connectivity index (χ4n) is 3.23. The molecule has 1 atom stereocenters. The molecule has 0 saturated carbocycles. The molecule has 1 aromatic heterocycles. The van der Waals surface area contributed by atoms with Crippen LogP contribution in [0.3, 0.4) is 0 Å². The number of benzene rings is 2. The average Bonchev–Trinajstić information content (AvgIpc) is 3.11. The van der Waals surface area contributed by atoms with Crippen LogP contribution in [0.15, 0.2) is 54.6 Å². The molecule has 0 fully saturated rings. The van der Waals surface area contributed by atoms with Gasteiger partial charge in [-0.2, -0.15) is 0 Å². The number of carboxylic acid groups (broad SMARTS) is 1. The predicted octanol–water partition coefficient (Wildman–Crippen LogP) is 3.78. The van der Waals surface area contributed by atoms with E-state index in [0.29, 0.717) is 24.3 Å². The fourth-order valence-corrected chi connectivity index (χ4v) is 3.23. The van der Waals surface area contributed by atoms with E-state index in [-0.39, 0.29) is 24.8 Å². The average molecular weight is 397 g/mol. The number of hydrogen-bond donors (Lipinski definition) is 3. The van der Waals surface area contributed by atoms with Crippen molar-refractivity contribution < 1.29 is 19.1 Å². The van der Waals surface area contributed by atoms with Crippen molar-refractivity contribution in [3.8, 4) is 0 Å². The van der Waals surface area contributed by atoms with Gasteiger partial charge >= 0.3 is 12.0 Å². The van der Waals surface area contributed by atoms with Crippen LogP contribution in [0.25, 0.3) is 10.9 Å². The molecule has 3 aromatic rings. The van der Waals surface area contributed by atoms with Gasteiger partial charge in [0.25, 0.3) is 0 Å². The van der Waals surface area contributed by atoms with Crippen LogP contribution < -0.4 is 5.32 Å². The minimum absolute atomic E-state index is 0.00316. The smallest absolute Gasteiger partial charge is 0.317 e. The lowest BCUT2D eigenvalue weighted by Gasteiger charge is -2.22. The molecule has 0 radical (unpaired) electrons. The predicted molar refractivity (Wildman–Crippen MR) is 109 cm³/mol. The Labute approximate surface area is 168 Å². The van der Waals surface area contributed by atoms with Gasteiger partial charge in [0.15, 0.2) is 0 Å². The Balaban J connectivity index is 1.62. The zero-order valence-corrected chi connectivity index (χ0v) is 16.2. The third kappa shape index (κ3) is 5.34. The first kappa shape index (κ1) is 20.4. The van der Waals surface area contributed by atoms with Crippen molar-refractivity contribution in [2.24, 2.45) is 5.92 Å². The summed E-state index contributed by atoms with van der Waals surface area (Å²) < 4.78 is 13.3. The van der Waals surface area contributed by atoms with Crippen molar-refractivity contribution in [2.45, 2.75) is 19.9 Å². The van der Waals surface area contributed by atoms with Gasteiger partial charge in [-0.1, -0.05) is 30.3 Å². The molecule has 0 bridgehead atoms. The Hall–Kier alpha value is -3.35. The largest absolute Gasteiger partial charge is 0.481 e. The van der Waals surface area contributed by atoms with Crippen LogP contribution >= 0.6 is 0 Å². The Morgan fingerprint density at radius 1 is 1.17 bits per heavy atom. The lowest BCUT2D eigenvalue weighted by Crippen LogP contribution is -2.43. The number of halogens is 1. The molecule has 29 heavy (non-hydrogen) atoms. The van der Waals surface area contributed by atoms with Crippen molar-refractivity contribution in [1.82, 2.24) is 15.2 Å². The van der Waals surface area contributed by atoms with Gasteiger partial charge in [0.2, 0.25) is 0 Å². The third-order valence-corrected chi connectivity index (χ3v) is 4.84. The lowest BCUT2D eigenvalue weighted by molar-refractivity contribution is -0.141. The number of carbonyl (C=O) groups excluding carboxylic acids is 1. The van der Waals surface area contributed by atoms with Crippen LogP contribution in [-0.4, -0.2) is 40.1 Å². The number of carboxylic acids is 1. The second kappa shape index (κ2) is 9.23. The number of nitrogens with zero attached hydrogens (tertiary/aromatic N) is 1. The molecule has 6 nitrogen and oxygen atoms in total. The molecule has 2 amide bonds. The highest BCUT2D eigenvalue weighted by atomic mass is 19.1. The molecule has 1 unspecified atom stereocenters. The molecule has 152 valence electrons. The molecule has 3 rings (SSSR count). The van der Waals surface area contributed by atoms with Gasteiger partial charge in [0.1, 0.15) is 5.82 Å². The normalized spacial score (nSPS) is 11.9. The van der Waals surface area contributed by atoms with Crippen LogP contribution in [0.4, 0.5) is 9.18 Å². The van der Waals surface area contributed by atoms with Crippen molar-refractivity contribution >= 4 is 22.9 Å². The van der Waals surface area contributed by atoms with Gasteiger partial charge in [-0.05, 0) is 42.1 Å². The summed E-state index contributed by atoms with van der Waals surface area (Å²) in [5.74, 6) is -2.15. The number of rotatable bonds is 8. The number of fused-ring (bicyclic) bond motifs is 1. The van der Waals surface area contributed by atoms with Crippen molar-refractivity contribution in [1.29, 1.82) is 0 Å². The minimum Gasteiger partial charge on any atom is -0.481 e. The highest BCUT2D eigenvalue weighted by Crippen LogP contribution is 2.19. The number of H-pyrrole nitrogens is 1. The summed E-state index contributed by atoms with van der Waals surface area (Å²) in [7, 11) is 0. The maximum absolute atomic E-state index is 13.3. The van der Waals surface area contributed by atoms with E-state index in [1.165, 1.54) is 12.1 Å². The molecule has 1 heterocycles. The van der Waals surface area contributed by atoms with Crippen LogP contribution in [0.5, 0.6) is 0 Å². The third-order valence-electron chi connectivity index (χ3n) is 4.84. The Morgan fingerprint density at radius 3 is 2.62 bits per heavy atom. The first-order chi connectivity index (χ1) is 14.0. The van der Waals surface area contributed by atoms with E-state index < -0.39 is 11.9 Å². The second-order valence-corrected chi connectivity index (χ2v) is 6.95. The van der Waals surface area contributed by atoms with Crippen LogP contribution in [0, 0.1) is 11.7 Å². The van der Waals surface area contributed by atoms with Crippen LogP contribution in [-0.2, 0) is 17.8 Å². The maximum Gasteiger partial charge on any atom is 0.317 e. The van der Waals surface area contributed by atoms with Gasteiger partial charge in [-0.3, -0.25) is 4.79 Å². The SMILES string of the molecule is CCN(Cc1ccccc1)C(=O)NCC(Cc1cc2ccc(F)cc2[nH]1)C(=O)O. The zero-order valence-electron chi connectivity index (χ0n) is 16.2. The number of nitrogens with one attached hydrogen (secondary N) is 2. The van der Waals surface area contributed by atoms with Crippen molar-refractivity contribution in [3.05, 3.63) is 71.7 Å². The quantitative estimate of drug-likeness (QED) is 0.541. The lowest BCUT2D eigenvalue weighted by atomic mass is 10.0. The number of amides is 2. The molecule has 0 aliphatic rings. The summed E-state index contributed by atoms with van der Waals surface area (Å²) in [6.45, 7) is 2.84. The highest BCUT2D eigenvalue weighted by Gasteiger charge is 2.21. The number of aliphatic carboxylic acids is 1. The number of aromatic nitrogens is 1. The molecule has 0 saturated heterocycles. The summed E-state index contributed by atoms with van der Waals surface area (Å²) >= 11 is 0. The minimum atomic E-state index is -0.999. The summed E-state index contributed by atoms with van der Waals surface area (Å²) in [6, 6.07) is 15.5. The monoisotopic (exact) mass is 397 g/mol. The standard InChI is InChI=1S/C22H24FN3O3/c1-2-26(14-15-6-4-3-5-7-15)22(29)24-13-17(21(27)28)11-19-10-16-8-9-18(23)12-20(16)25-19/h3-10,12,17,25H,2,11,13-14H2,1H3,(H,24,29)(H,27,28). The van der Waals surface area contributed by atoms with Gasteiger partial charge in [0.05, 0.1) is 5.92 Å². The Kier molecular flexibility index (Phi) is 6.49. The van der Waals surface area contributed by atoms with Gasteiger partial charge in [-0.15, -0.1) is 0 Å². The van der Waals surface area contributed by atoms with Crippen LogP contribution in [0.1, 0.15) is 18.2 Å². The number of aromatic amines is 1. The summed E-state index contributed by atoms with van der Waals surface area (Å²) in [6.07, 6.45) is 0.205. The van der Waals surface area contributed by atoms with E-state index in [0.717, 1.165) is 10.9 Å². The molecule has 0 aliphatic heterocycles. The first-order valence-electron chi connectivity index (χ1n) is 9.53. The summed E-state index contributed by atoms with van der Waals surface area (Å²) in [5.41, 5.74) is 2.31. The van der Waals surface area contributed by atoms with Gasteiger partial charge < -0.3 is 20.3 Å². The van der Waals surface area contributed by atoms with E-state index in [2.05, 4.69) is 10.3 Å². The molecule has 0 spiro atoms. The number of carbonyl (C=O) groups is 2. The molecule has 0 aliphatic carbocycles. The van der Waals surface area contributed by atoms with E-state index in [1.54, 1.807) is 17.0 Å². The Morgan fingerprint density at radius 2 is 1.93 bits per heavy atom. The van der Waals surface area contributed by atoms with Gasteiger partial charge in [-0.25, -0.2) is 9.18 Å². The Bertz CT molecular complexity index is 987. The number of urea groups is 1. The molecular weight excluding hydrogens is 373 g/mol. The first-order valence-corrected chi connectivity index (χ1v) is 9.53. The van der Waals surface area contributed by atoms with E-state index in [1.807, 2.05) is 37.3 Å². The summed E-state index contributed by atoms with van der Waals surface area (Å²) in [4.78, 5) is 28.9. The molecule has 3 N–H and O–H groups in total. The number of hydrogen-bond acceptors (Lipinski definition) is 2. The zero-order chi connectivity index (χ0) is 20.8. The molecule has 2 aromatic carbocycles. The molecular formula is C22H24FN3O3. The maximum atomic E-state index is 13.3. The van der Waals surface area contributed by atoms with E-state index in [9.17, 15) is 19.1 Å². The highest BCUT2D eigenvalue weighted by molar-refractivity contribution is 5.81. The van der Waals surface area contributed by atoms with Crippen molar-refractivity contribution in [3.63, 3.8) is 0 Å². The van der Waals surface area contributed by atoms with Gasteiger partial charge in [0, 0.05) is 37.3 Å².